The fraction of sp³-hybridized carbons (Fsp3) is 0.500. The van der Waals surface area contributed by atoms with E-state index >= 15 is 0 Å². The summed E-state index contributed by atoms with van der Waals surface area (Å²) >= 11 is 9.39. The summed E-state index contributed by atoms with van der Waals surface area (Å²) in [6.45, 7) is 1.90. The predicted octanol–water partition coefficient (Wildman–Crippen LogP) is 5.06. The second kappa shape index (κ2) is 8.81. The summed E-state index contributed by atoms with van der Waals surface area (Å²) in [5.41, 5.74) is 0. The normalized spacial score (nSPS) is 15.5. The summed E-state index contributed by atoms with van der Waals surface area (Å²) < 4.78 is 0. The van der Waals surface area contributed by atoms with Crippen molar-refractivity contribution < 1.29 is 0 Å². The van der Waals surface area contributed by atoms with Crippen molar-refractivity contribution in [3.8, 4) is 0 Å². The molecule has 2 heterocycles. The first-order valence-corrected chi connectivity index (χ1v) is 10.6. The molecule has 5 heteroatoms. The van der Waals surface area contributed by atoms with E-state index in [1.807, 2.05) is 22.7 Å². The number of nitrogens with one attached hydrogen (secondary N) is 1. The predicted molar refractivity (Wildman–Crippen MR) is 105 cm³/mol. The Balaban J connectivity index is 1.59. The van der Waals surface area contributed by atoms with Gasteiger partial charge in [-0.05, 0) is 54.4 Å². The molecule has 23 heavy (non-hydrogen) atoms. The summed E-state index contributed by atoms with van der Waals surface area (Å²) in [4.78, 5) is 5.15. The number of nitrogens with zero attached hydrogens (tertiary/aromatic N) is 1. The lowest BCUT2D eigenvalue weighted by Crippen LogP contribution is -2.45. The Labute approximate surface area is 152 Å². The Morgan fingerprint density at radius 2 is 1.78 bits per heavy atom. The van der Waals surface area contributed by atoms with Gasteiger partial charge < -0.3 is 10.2 Å². The minimum Gasteiger partial charge on any atom is -0.360 e. The lowest BCUT2D eigenvalue weighted by Gasteiger charge is -2.30. The van der Waals surface area contributed by atoms with Gasteiger partial charge in [0, 0.05) is 22.3 Å². The summed E-state index contributed by atoms with van der Waals surface area (Å²) in [5, 5.41) is 8.85. The van der Waals surface area contributed by atoms with Crippen LogP contribution in [0.5, 0.6) is 0 Å². The standard InChI is InChI=1S/C18H24N2S3/c21-18(19-15-6-2-1-3-7-15)20(14-17-9-5-13-23-17)11-10-16-8-4-12-22-16/h4-5,8-9,12-13,15H,1-3,6-7,10-11,14H2,(H,19,21). The molecule has 0 saturated heterocycles. The SMILES string of the molecule is S=C(NC1CCCCC1)N(CCc1cccs1)Cc1cccs1. The molecule has 0 aromatic carbocycles. The zero-order chi connectivity index (χ0) is 15.9. The summed E-state index contributed by atoms with van der Waals surface area (Å²) in [6.07, 6.45) is 7.63. The first kappa shape index (κ1) is 16.9. The molecule has 2 aromatic heterocycles. The van der Waals surface area contributed by atoms with E-state index < -0.39 is 0 Å². The van der Waals surface area contributed by atoms with E-state index in [0.717, 1.165) is 24.6 Å². The van der Waals surface area contributed by atoms with Crippen LogP contribution in [0.15, 0.2) is 35.0 Å². The van der Waals surface area contributed by atoms with Crippen LogP contribution in [0.1, 0.15) is 41.9 Å². The van der Waals surface area contributed by atoms with E-state index in [1.54, 1.807) is 0 Å². The Kier molecular flexibility index (Phi) is 6.48. The van der Waals surface area contributed by atoms with Crippen molar-refractivity contribution in [3.63, 3.8) is 0 Å². The third-order valence-corrected chi connectivity index (χ3v) is 6.53. The van der Waals surface area contributed by atoms with E-state index in [1.165, 1.54) is 41.9 Å². The lowest BCUT2D eigenvalue weighted by molar-refractivity contribution is 0.371. The van der Waals surface area contributed by atoms with Gasteiger partial charge in [-0.3, -0.25) is 0 Å². The Bertz CT molecular complexity index is 571. The molecule has 1 fully saturated rings. The molecule has 0 spiro atoms. The van der Waals surface area contributed by atoms with Crippen LogP contribution < -0.4 is 5.32 Å². The first-order valence-electron chi connectivity index (χ1n) is 8.41. The number of hydrogen-bond acceptors (Lipinski definition) is 3. The first-order chi connectivity index (χ1) is 11.3. The zero-order valence-corrected chi connectivity index (χ0v) is 15.8. The molecule has 124 valence electrons. The fourth-order valence-corrected chi connectivity index (χ4v) is 4.80. The summed E-state index contributed by atoms with van der Waals surface area (Å²) in [6, 6.07) is 9.23. The molecule has 2 nitrogen and oxygen atoms in total. The van der Waals surface area contributed by atoms with Gasteiger partial charge in [-0.15, -0.1) is 22.7 Å². The van der Waals surface area contributed by atoms with Gasteiger partial charge >= 0.3 is 0 Å². The van der Waals surface area contributed by atoms with Crippen LogP contribution in [0.2, 0.25) is 0 Å². The molecule has 0 unspecified atom stereocenters. The second-order valence-corrected chi connectivity index (χ2v) is 8.57. The third-order valence-electron chi connectivity index (χ3n) is 4.36. The quantitative estimate of drug-likeness (QED) is 0.721. The van der Waals surface area contributed by atoms with E-state index in [4.69, 9.17) is 12.2 Å². The van der Waals surface area contributed by atoms with Gasteiger partial charge in [0.2, 0.25) is 0 Å². The van der Waals surface area contributed by atoms with Crippen molar-refractivity contribution in [2.24, 2.45) is 0 Å². The van der Waals surface area contributed by atoms with Crippen LogP contribution in [-0.2, 0) is 13.0 Å². The molecule has 0 amide bonds. The largest absolute Gasteiger partial charge is 0.360 e. The highest BCUT2D eigenvalue weighted by Gasteiger charge is 2.18. The molecule has 1 saturated carbocycles. The monoisotopic (exact) mass is 364 g/mol. The van der Waals surface area contributed by atoms with Crippen molar-refractivity contribution in [2.75, 3.05) is 6.54 Å². The molecule has 0 radical (unpaired) electrons. The number of hydrogen-bond donors (Lipinski definition) is 1. The zero-order valence-electron chi connectivity index (χ0n) is 13.4. The second-order valence-electron chi connectivity index (χ2n) is 6.11. The van der Waals surface area contributed by atoms with E-state index in [2.05, 4.69) is 45.2 Å². The highest BCUT2D eigenvalue weighted by molar-refractivity contribution is 7.80. The maximum atomic E-state index is 5.75. The van der Waals surface area contributed by atoms with Crippen molar-refractivity contribution in [1.29, 1.82) is 0 Å². The van der Waals surface area contributed by atoms with Crippen molar-refractivity contribution in [3.05, 3.63) is 44.8 Å². The fourth-order valence-electron chi connectivity index (χ4n) is 3.06. The molecular formula is C18H24N2S3. The molecule has 1 aliphatic carbocycles. The van der Waals surface area contributed by atoms with Crippen molar-refractivity contribution >= 4 is 40.0 Å². The molecule has 3 rings (SSSR count). The van der Waals surface area contributed by atoms with Gasteiger partial charge in [0.1, 0.15) is 0 Å². The topological polar surface area (TPSA) is 15.3 Å². The maximum absolute atomic E-state index is 5.75. The van der Waals surface area contributed by atoms with Crippen LogP contribution in [-0.4, -0.2) is 22.6 Å². The van der Waals surface area contributed by atoms with E-state index in [0.29, 0.717) is 6.04 Å². The molecule has 1 N–H and O–H groups in total. The molecule has 0 atom stereocenters. The summed E-state index contributed by atoms with van der Waals surface area (Å²) in [7, 11) is 0. The van der Waals surface area contributed by atoms with Gasteiger partial charge in [-0.2, -0.15) is 0 Å². The average Bonchev–Trinajstić information content (AvgIpc) is 3.26. The Morgan fingerprint density at radius 1 is 1.09 bits per heavy atom. The van der Waals surface area contributed by atoms with Gasteiger partial charge in [0.05, 0.1) is 6.54 Å². The highest BCUT2D eigenvalue weighted by atomic mass is 32.1. The van der Waals surface area contributed by atoms with Gasteiger partial charge in [-0.25, -0.2) is 0 Å². The van der Waals surface area contributed by atoms with Crippen LogP contribution in [0.3, 0.4) is 0 Å². The average molecular weight is 365 g/mol. The third kappa shape index (κ3) is 5.30. The van der Waals surface area contributed by atoms with Gasteiger partial charge in [0.15, 0.2) is 5.11 Å². The summed E-state index contributed by atoms with van der Waals surface area (Å²) in [5.74, 6) is 0. The molecular weight excluding hydrogens is 340 g/mol. The van der Waals surface area contributed by atoms with Crippen molar-refractivity contribution in [1.82, 2.24) is 10.2 Å². The van der Waals surface area contributed by atoms with Gasteiger partial charge in [-0.1, -0.05) is 31.4 Å². The van der Waals surface area contributed by atoms with Crippen LogP contribution in [0.25, 0.3) is 0 Å². The highest BCUT2D eigenvalue weighted by Crippen LogP contribution is 2.19. The Morgan fingerprint density at radius 3 is 2.43 bits per heavy atom. The Hall–Kier alpha value is -0.910. The number of thiophene rings is 2. The van der Waals surface area contributed by atoms with E-state index in [9.17, 15) is 0 Å². The van der Waals surface area contributed by atoms with E-state index in [-0.39, 0.29) is 0 Å². The van der Waals surface area contributed by atoms with Gasteiger partial charge in [0.25, 0.3) is 0 Å². The molecule has 0 bridgehead atoms. The number of thiocarbonyl (C=S) groups is 1. The molecule has 2 aromatic rings. The van der Waals surface area contributed by atoms with Crippen LogP contribution in [0.4, 0.5) is 0 Å². The minimum atomic E-state index is 0.573. The maximum Gasteiger partial charge on any atom is 0.169 e. The molecule has 1 aliphatic rings. The van der Waals surface area contributed by atoms with Crippen molar-refractivity contribution in [2.45, 2.75) is 51.1 Å². The lowest BCUT2D eigenvalue weighted by atomic mass is 9.96. The molecule has 0 aliphatic heterocycles. The number of rotatable bonds is 6. The van der Waals surface area contributed by atoms with Crippen LogP contribution >= 0.6 is 34.9 Å². The minimum absolute atomic E-state index is 0.573. The smallest absolute Gasteiger partial charge is 0.169 e. The van der Waals surface area contributed by atoms with Crippen LogP contribution in [0, 0.1) is 0 Å².